The van der Waals surface area contributed by atoms with Crippen molar-refractivity contribution >= 4 is 59.5 Å². The summed E-state index contributed by atoms with van der Waals surface area (Å²) in [6.45, 7) is 5.90. The Hall–Kier alpha value is -2.84. The van der Waals surface area contributed by atoms with Gasteiger partial charge in [-0.3, -0.25) is 0 Å². The third kappa shape index (κ3) is 1.52. The summed E-state index contributed by atoms with van der Waals surface area (Å²) >= 11 is 0. The minimum atomic E-state index is -0.480. The summed E-state index contributed by atoms with van der Waals surface area (Å²) in [5.41, 5.74) is 0.290. The molecular weight excluding hydrogens is 318 g/mol. The largest absolute Gasteiger partial charge is 0.215 e. The Balaban J connectivity index is 1.96. The van der Waals surface area contributed by atoms with E-state index in [1.165, 1.54) is 48.2 Å². The number of anilines is 1. The Morgan fingerprint density at radius 2 is 1.04 bits per heavy atom. The summed E-state index contributed by atoms with van der Waals surface area (Å²) in [5, 5.41) is 26.9. The maximum absolute atomic E-state index is 13.1. The lowest BCUT2D eigenvalue weighted by molar-refractivity contribution is 0.103. The van der Waals surface area contributed by atoms with Crippen molar-refractivity contribution in [3.8, 4) is 0 Å². The topological polar surface area (TPSA) is 23.1 Å². The Bertz CT molecular complexity index is 1380. The molecule has 0 atom stereocenters. The van der Waals surface area contributed by atoms with Crippen molar-refractivity contribution < 1.29 is 5.21 Å². The molecule has 0 aliphatic heterocycles. The van der Waals surface area contributed by atoms with E-state index in [-0.39, 0.29) is 0 Å². The zero-order valence-electron chi connectivity index (χ0n) is 15.1. The minimum absolute atomic E-state index is 0.480. The molecule has 6 aromatic carbocycles. The van der Waals surface area contributed by atoms with E-state index in [0.29, 0.717) is 0 Å². The van der Waals surface area contributed by atoms with E-state index in [4.69, 9.17) is 0 Å². The van der Waals surface area contributed by atoms with E-state index >= 15 is 0 Å². The molecule has 0 bridgehead atoms. The van der Waals surface area contributed by atoms with Gasteiger partial charge in [0.25, 0.3) is 0 Å². The van der Waals surface area contributed by atoms with Crippen LogP contribution in [0.4, 0.5) is 5.69 Å². The number of rotatable bonds is 1. The predicted molar refractivity (Wildman–Crippen MR) is 110 cm³/mol. The second-order valence-corrected chi connectivity index (χ2v) is 8.44. The van der Waals surface area contributed by atoms with Gasteiger partial charge >= 0.3 is 0 Å². The van der Waals surface area contributed by atoms with Crippen LogP contribution < -0.4 is 5.06 Å². The maximum Gasteiger partial charge on any atom is 0.0758 e. The summed E-state index contributed by atoms with van der Waals surface area (Å²) in [6.07, 6.45) is 0. The highest BCUT2D eigenvalue weighted by molar-refractivity contribution is 6.45. The number of benzene rings is 5. The van der Waals surface area contributed by atoms with Gasteiger partial charge in [-0.1, -0.05) is 53.7 Å². The second kappa shape index (κ2) is 4.28. The van der Waals surface area contributed by atoms with Gasteiger partial charge < -0.3 is 0 Å². The smallest absolute Gasteiger partial charge is 0.0758 e. The number of hydrogen-bond acceptors (Lipinski definition) is 1. The van der Waals surface area contributed by atoms with Gasteiger partial charge in [0, 0.05) is 10.8 Å². The standard InChI is InChI=1S/C24H18NO/c1-24(2,3)25(26)18-12-16-9-8-14-5-4-13-6-7-15-10-11-17(18)23-21(15)19(13)20(14)22(16)23/h4-12H,1-3H3. The van der Waals surface area contributed by atoms with Gasteiger partial charge in [-0.15, -0.1) is 0 Å². The number of nitrogens with zero attached hydrogens (tertiary/aromatic N) is 1. The molecule has 0 saturated heterocycles. The quantitative estimate of drug-likeness (QED) is 0.241. The lowest BCUT2D eigenvalue weighted by Gasteiger charge is -2.30. The van der Waals surface area contributed by atoms with Gasteiger partial charge in [0.15, 0.2) is 0 Å². The van der Waals surface area contributed by atoms with E-state index in [1.54, 1.807) is 0 Å². The van der Waals surface area contributed by atoms with Crippen LogP contribution in [-0.4, -0.2) is 5.54 Å². The van der Waals surface area contributed by atoms with Gasteiger partial charge in [0.05, 0.1) is 11.2 Å². The van der Waals surface area contributed by atoms with Gasteiger partial charge in [-0.25, -0.2) is 5.06 Å². The van der Waals surface area contributed by atoms with Crippen LogP contribution in [0.5, 0.6) is 0 Å². The average molecular weight is 336 g/mol. The van der Waals surface area contributed by atoms with E-state index in [2.05, 4.69) is 54.6 Å². The van der Waals surface area contributed by atoms with Crippen molar-refractivity contribution in [1.29, 1.82) is 0 Å². The molecule has 26 heavy (non-hydrogen) atoms. The third-order valence-corrected chi connectivity index (χ3v) is 5.83. The Morgan fingerprint density at radius 3 is 1.58 bits per heavy atom. The maximum atomic E-state index is 13.1. The van der Waals surface area contributed by atoms with E-state index in [1.807, 2.05) is 20.8 Å². The molecule has 0 heterocycles. The van der Waals surface area contributed by atoms with Crippen molar-refractivity contribution in [2.24, 2.45) is 0 Å². The monoisotopic (exact) mass is 336 g/mol. The van der Waals surface area contributed by atoms with Crippen LogP contribution in [0.15, 0.2) is 54.6 Å². The first-order valence-corrected chi connectivity index (χ1v) is 9.10. The van der Waals surface area contributed by atoms with Crippen LogP contribution in [0, 0.1) is 0 Å². The van der Waals surface area contributed by atoms with Gasteiger partial charge in [0.2, 0.25) is 0 Å². The van der Waals surface area contributed by atoms with E-state index in [0.717, 1.165) is 16.5 Å². The zero-order valence-corrected chi connectivity index (χ0v) is 15.1. The van der Waals surface area contributed by atoms with Gasteiger partial charge in [0.1, 0.15) is 0 Å². The van der Waals surface area contributed by atoms with Crippen LogP contribution in [0.3, 0.4) is 0 Å². The van der Waals surface area contributed by atoms with Crippen LogP contribution >= 0.6 is 0 Å². The van der Waals surface area contributed by atoms with Crippen molar-refractivity contribution in [2.45, 2.75) is 26.3 Å². The molecule has 2 heteroatoms. The molecule has 0 spiro atoms. The van der Waals surface area contributed by atoms with Gasteiger partial charge in [-0.2, -0.15) is 0 Å². The summed E-state index contributed by atoms with van der Waals surface area (Å²) in [4.78, 5) is 0. The fourth-order valence-electron chi connectivity index (χ4n) is 4.68. The molecule has 0 saturated carbocycles. The van der Waals surface area contributed by atoms with Crippen molar-refractivity contribution in [1.82, 2.24) is 0 Å². The predicted octanol–water partition coefficient (Wildman–Crippen LogP) is 6.72. The van der Waals surface area contributed by atoms with Gasteiger partial charge in [-0.05, 0) is 69.9 Å². The first-order chi connectivity index (χ1) is 12.4. The Kier molecular flexibility index (Phi) is 2.36. The van der Waals surface area contributed by atoms with Crippen LogP contribution in [0.1, 0.15) is 20.8 Å². The molecule has 2 nitrogen and oxygen atoms in total. The van der Waals surface area contributed by atoms with Crippen LogP contribution in [0.25, 0.3) is 53.9 Å². The van der Waals surface area contributed by atoms with E-state index < -0.39 is 5.54 Å². The number of hydrogen-bond donors (Lipinski definition) is 0. The molecule has 0 amide bonds. The number of hydroxylamine groups is 1. The average Bonchev–Trinajstić information content (AvgIpc) is 3.00. The summed E-state index contributed by atoms with van der Waals surface area (Å²) in [7, 11) is 0. The highest BCUT2D eigenvalue weighted by Gasteiger charge is 2.27. The first kappa shape index (κ1) is 14.3. The molecular formula is C24H18NO. The molecule has 125 valence electrons. The van der Waals surface area contributed by atoms with Crippen molar-refractivity contribution in [3.05, 3.63) is 54.6 Å². The molecule has 6 aromatic rings. The highest BCUT2D eigenvalue weighted by Crippen LogP contribution is 2.50. The Morgan fingerprint density at radius 1 is 0.615 bits per heavy atom. The van der Waals surface area contributed by atoms with Crippen molar-refractivity contribution in [2.75, 3.05) is 5.06 Å². The summed E-state index contributed by atoms with van der Waals surface area (Å²) in [6, 6.07) is 19.5. The molecule has 0 unspecified atom stereocenters. The van der Waals surface area contributed by atoms with Crippen molar-refractivity contribution in [3.63, 3.8) is 0 Å². The fraction of sp³-hybridized carbons (Fsp3) is 0.167. The highest BCUT2D eigenvalue weighted by atomic mass is 16.5. The molecule has 1 radical (unpaired) electrons. The normalized spacial score (nSPS) is 13.4. The molecule has 0 aliphatic rings. The van der Waals surface area contributed by atoms with E-state index in [9.17, 15) is 5.21 Å². The summed E-state index contributed by atoms with van der Waals surface area (Å²) in [5.74, 6) is 0. The van der Waals surface area contributed by atoms with Crippen LogP contribution in [0.2, 0.25) is 0 Å². The lowest BCUT2D eigenvalue weighted by atomic mass is 9.96. The fourth-order valence-corrected chi connectivity index (χ4v) is 4.68. The Labute approximate surface area is 151 Å². The molecule has 0 fully saturated rings. The third-order valence-electron chi connectivity index (χ3n) is 5.83. The molecule has 0 aliphatic carbocycles. The molecule has 6 rings (SSSR count). The molecule has 0 aromatic heterocycles. The summed E-state index contributed by atoms with van der Waals surface area (Å²) < 4.78 is 0. The zero-order chi connectivity index (χ0) is 17.8. The minimum Gasteiger partial charge on any atom is -0.215 e. The first-order valence-electron chi connectivity index (χ1n) is 9.10. The SMILES string of the molecule is CC(C)(C)N([O])c1cc2ccc3ccc4ccc5ccc1c1c5c4c3c21. The van der Waals surface area contributed by atoms with Crippen LogP contribution in [-0.2, 0) is 5.21 Å². The lowest BCUT2D eigenvalue weighted by Crippen LogP contribution is -2.37. The molecule has 0 N–H and O–H groups in total. The second-order valence-electron chi connectivity index (χ2n) is 8.44.